The van der Waals surface area contributed by atoms with Gasteiger partial charge in [0.15, 0.2) is 5.69 Å². The number of hydrogen-bond acceptors (Lipinski definition) is 4. The second-order valence-electron chi connectivity index (χ2n) is 3.32. The third kappa shape index (κ3) is 2.53. The Morgan fingerprint density at radius 2 is 2.27 bits per heavy atom. The topological polar surface area (TPSA) is 52.1 Å². The van der Waals surface area contributed by atoms with E-state index in [9.17, 15) is 4.79 Å². The van der Waals surface area contributed by atoms with Crippen molar-refractivity contribution in [2.75, 3.05) is 7.11 Å². The molecule has 2 rings (SSSR count). The lowest BCUT2D eigenvalue weighted by Crippen LogP contribution is -2.04. The Morgan fingerprint density at radius 3 is 2.80 bits per heavy atom. The minimum atomic E-state index is -0.482. The van der Waals surface area contributed by atoms with Crippen molar-refractivity contribution in [3.8, 4) is 11.8 Å². The summed E-state index contributed by atoms with van der Waals surface area (Å²) in [5.41, 5.74) is 0.795. The zero-order chi connectivity index (χ0) is 10.7. The lowest BCUT2D eigenvalue weighted by atomic mass is 10.3. The average molecular weight is 202 g/mol. The summed E-state index contributed by atoms with van der Waals surface area (Å²) < 4.78 is 4.51. The van der Waals surface area contributed by atoms with Crippen LogP contribution in [-0.2, 0) is 4.74 Å². The van der Waals surface area contributed by atoms with Gasteiger partial charge in [-0.15, -0.1) is 0 Å². The van der Waals surface area contributed by atoms with Crippen molar-refractivity contribution in [1.82, 2.24) is 9.97 Å². The Kier molecular flexibility index (Phi) is 2.64. The van der Waals surface area contributed by atoms with E-state index >= 15 is 0 Å². The smallest absolute Gasteiger partial charge is 0.358 e. The van der Waals surface area contributed by atoms with Crippen molar-refractivity contribution in [2.45, 2.75) is 12.8 Å². The summed E-state index contributed by atoms with van der Waals surface area (Å²) >= 11 is 0. The fraction of sp³-hybridized carbons (Fsp3) is 0.364. The number of carbonyl (C=O) groups excluding carboxylic acids is 1. The van der Waals surface area contributed by atoms with Crippen LogP contribution in [0.25, 0.3) is 0 Å². The number of ether oxygens (including phenoxy) is 1. The van der Waals surface area contributed by atoms with Gasteiger partial charge in [-0.05, 0) is 18.8 Å². The lowest BCUT2D eigenvalue weighted by molar-refractivity contribution is 0.0593. The van der Waals surface area contributed by atoms with Gasteiger partial charge in [-0.25, -0.2) is 14.8 Å². The van der Waals surface area contributed by atoms with Crippen LogP contribution in [0.1, 0.15) is 29.0 Å². The lowest BCUT2D eigenvalue weighted by Gasteiger charge is -1.96. The number of hydrogen-bond donors (Lipinski definition) is 0. The molecule has 4 heteroatoms. The fourth-order valence-electron chi connectivity index (χ4n) is 1.01. The summed E-state index contributed by atoms with van der Waals surface area (Å²) in [6, 6.07) is 0. The normalized spacial score (nSPS) is 13.9. The summed E-state index contributed by atoms with van der Waals surface area (Å²) in [4.78, 5) is 19.0. The molecule has 1 aromatic heterocycles. The first kappa shape index (κ1) is 9.66. The Labute approximate surface area is 87.7 Å². The number of carbonyl (C=O) groups is 1. The Bertz CT molecular complexity index is 424. The van der Waals surface area contributed by atoms with Crippen molar-refractivity contribution in [3.63, 3.8) is 0 Å². The minimum absolute atomic E-state index is 0.203. The molecule has 0 unspecified atom stereocenters. The number of esters is 1. The second-order valence-corrected chi connectivity index (χ2v) is 3.32. The summed E-state index contributed by atoms with van der Waals surface area (Å²) in [7, 11) is 1.31. The van der Waals surface area contributed by atoms with Gasteiger partial charge in [0, 0.05) is 5.92 Å². The predicted octanol–water partition coefficient (Wildman–Crippen LogP) is 1.02. The molecule has 1 fully saturated rings. The zero-order valence-electron chi connectivity index (χ0n) is 8.36. The van der Waals surface area contributed by atoms with E-state index in [0.717, 1.165) is 0 Å². The summed E-state index contributed by atoms with van der Waals surface area (Å²) in [5, 5.41) is 0. The molecule has 1 heterocycles. The van der Waals surface area contributed by atoms with Crippen molar-refractivity contribution in [2.24, 2.45) is 5.92 Å². The largest absolute Gasteiger partial charge is 0.464 e. The van der Waals surface area contributed by atoms with Crippen molar-refractivity contribution in [3.05, 3.63) is 23.8 Å². The molecule has 0 amide bonds. The molecule has 1 aliphatic carbocycles. The van der Waals surface area contributed by atoms with Crippen LogP contribution in [0.2, 0.25) is 0 Å². The van der Waals surface area contributed by atoms with Crippen LogP contribution < -0.4 is 0 Å². The van der Waals surface area contributed by atoms with E-state index in [1.54, 1.807) is 0 Å². The van der Waals surface area contributed by atoms with Gasteiger partial charge in [-0.3, -0.25) is 0 Å². The maximum Gasteiger partial charge on any atom is 0.358 e. The summed E-state index contributed by atoms with van der Waals surface area (Å²) in [6.45, 7) is 0. The molecule has 1 aliphatic rings. The Balaban J connectivity index is 2.10. The maximum atomic E-state index is 11.0. The molecule has 0 aromatic carbocycles. The molecule has 0 atom stereocenters. The molecule has 0 spiro atoms. The van der Waals surface area contributed by atoms with Gasteiger partial charge >= 0.3 is 5.97 Å². The molecule has 0 radical (unpaired) electrons. The third-order valence-electron chi connectivity index (χ3n) is 2.03. The van der Waals surface area contributed by atoms with Crippen molar-refractivity contribution >= 4 is 5.97 Å². The molecule has 0 bridgehead atoms. The number of aromatic nitrogens is 2. The van der Waals surface area contributed by atoms with Gasteiger partial charge in [0.05, 0.1) is 19.5 Å². The van der Waals surface area contributed by atoms with Gasteiger partial charge in [-0.2, -0.15) is 0 Å². The quantitative estimate of drug-likeness (QED) is 0.504. The molecular weight excluding hydrogens is 192 g/mol. The highest BCUT2D eigenvalue weighted by atomic mass is 16.5. The second kappa shape index (κ2) is 4.09. The summed E-state index contributed by atoms with van der Waals surface area (Å²) in [5.74, 6) is 6.03. The van der Waals surface area contributed by atoms with E-state index in [2.05, 4.69) is 26.5 Å². The highest BCUT2D eigenvalue weighted by Gasteiger charge is 2.17. The predicted molar refractivity (Wildman–Crippen MR) is 53.0 cm³/mol. The molecule has 0 saturated heterocycles. The van der Waals surface area contributed by atoms with E-state index in [-0.39, 0.29) is 5.69 Å². The van der Waals surface area contributed by atoms with Crippen LogP contribution in [0.15, 0.2) is 12.4 Å². The van der Waals surface area contributed by atoms with Gasteiger partial charge in [0.25, 0.3) is 0 Å². The standard InChI is InChI=1S/C11H10N2O2/c1-15-11(14)10-7-12-9(6-13-10)5-4-8-2-3-8/h6-8H,2-3H2,1H3. The minimum Gasteiger partial charge on any atom is -0.464 e. The molecule has 1 aromatic rings. The van der Waals surface area contributed by atoms with Crippen LogP contribution in [0.3, 0.4) is 0 Å². The van der Waals surface area contributed by atoms with Crippen LogP contribution >= 0.6 is 0 Å². The molecular formula is C11H10N2O2. The van der Waals surface area contributed by atoms with Crippen LogP contribution in [0, 0.1) is 17.8 Å². The number of methoxy groups -OCH3 is 1. The molecule has 76 valence electrons. The molecule has 4 nitrogen and oxygen atoms in total. The van der Waals surface area contributed by atoms with Gasteiger partial charge < -0.3 is 4.74 Å². The highest BCUT2D eigenvalue weighted by molar-refractivity contribution is 5.86. The van der Waals surface area contributed by atoms with Gasteiger partial charge in [0.1, 0.15) is 5.69 Å². The summed E-state index contributed by atoms with van der Waals surface area (Å²) in [6.07, 6.45) is 5.23. The third-order valence-corrected chi connectivity index (χ3v) is 2.03. The zero-order valence-corrected chi connectivity index (χ0v) is 8.36. The average Bonchev–Trinajstić information content (AvgIpc) is 3.10. The van der Waals surface area contributed by atoms with E-state index in [0.29, 0.717) is 11.6 Å². The van der Waals surface area contributed by atoms with E-state index in [1.165, 1.54) is 32.3 Å². The molecule has 0 N–H and O–H groups in total. The monoisotopic (exact) mass is 202 g/mol. The Hall–Kier alpha value is -1.89. The number of rotatable bonds is 1. The van der Waals surface area contributed by atoms with E-state index in [4.69, 9.17) is 0 Å². The molecule has 15 heavy (non-hydrogen) atoms. The molecule has 1 saturated carbocycles. The first-order valence-corrected chi connectivity index (χ1v) is 4.71. The molecule has 0 aliphatic heterocycles. The Morgan fingerprint density at radius 1 is 1.47 bits per heavy atom. The van der Waals surface area contributed by atoms with E-state index in [1.807, 2.05) is 0 Å². The first-order chi connectivity index (χ1) is 7.29. The highest BCUT2D eigenvalue weighted by Crippen LogP contribution is 2.27. The van der Waals surface area contributed by atoms with Crippen molar-refractivity contribution in [1.29, 1.82) is 0 Å². The van der Waals surface area contributed by atoms with Crippen LogP contribution in [0.4, 0.5) is 0 Å². The van der Waals surface area contributed by atoms with Crippen LogP contribution in [0.5, 0.6) is 0 Å². The number of nitrogens with zero attached hydrogens (tertiary/aromatic N) is 2. The first-order valence-electron chi connectivity index (χ1n) is 4.71. The SMILES string of the molecule is COC(=O)c1cnc(C#CC2CC2)cn1. The maximum absolute atomic E-state index is 11.0. The van der Waals surface area contributed by atoms with E-state index < -0.39 is 5.97 Å². The fourth-order valence-corrected chi connectivity index (χ4v) is 1.01. The van der Waals surface area contributed by atoms with Gasteiger partial charge in [-0.1, -0.05) is 5.92 Å². The van der Waals surface area contributed by atoms with Crippen LogP contribution in [-0.4, -0.2) is 23.0 Å². The van der Waals surface area contributed by atoms with Gasteiger partial charge in [0.2, 0.25) is 0 Å². The van der Waals surface area contributed by atoms with Crippen molar-refractivity contribution < 1.29 is 9.53 Å².